The van der Waals surface area contributed by atoms with Gasteiger partial charge in [0.15, 0.2) is 11.5 Å². The Labute approximate surface area is 145 Å². The van der Waals surface area contributed by atoms with Crippen molar-refractivity contribution in [1.29, 1.82) is 0 Å². The van der Waals surface area contributed by atoms with Gasteiger partial charge < -0.3 is 19.5 Å². The molecule has 0 spiro atoms. The Balaban J connectivity index is 1.96. The molecule has 1 aliphatic rings. The van der Waals surface area contributed by atoms with E-state index in [4.69, 9.17) is 9.47 Å². The van der Waals surface area contributed by atoms with Crippen LogP contribution in [-0.4, -0.2) is 42.8 Å². The number of ether oxygens (including phenoxy) is 2. The van der Waals surface area contributed by atoms with Gasteiger partial charge >= 0.3 is 0 Å². The highest BCUT2D eigenvalue weighted by Gasteiger charge is 2.37. The summed E-state index contributed by atoms with van der Waals surface area (Å²) in [5.74, 6) is 0.219. The molecule has 1 aliphatic heterocycles. The number of aliphatic hydroxyl groups excluding tert-OH is 1. The third-order valence-electron chi connectivity index (χ3n) is 4.43. The second kappa shape index (κ2) is 7.11. The summed E-state index contributed by atoms with van der Waals surface area (Å²) >= 11 is 0. The molecule has 25 heavy (non-hydrogen) atoms. The van der Waals surface area contributed by atoms with E-state index in [1.54, 1.807) is 35.2 Å². The number of halogens is 1. The molecule has 2 aromatic carbocycles. The molecule has 1 saturated heterocycles. The van der Waals surface area contributed by atoms with Crippen LogP contribution in [0.3, 0.4) is 0 Å². The number of methoxy groups -OCH3 is 2. The van der Waals surface area contributed by atoms with Gasteiger partial charge in [-0.15, -0.1) is 0 Å². The summed E-state index contributed by atoms with van der Waals surface area (Å²) in [7, 11) is 2.98. The fourth-order valence-electron chi connectivity index (χ4n) is 3.25. The van der Waals surface area contributed by atoms with E-state index in [1.165, 1.54) is 26.4 Å². The Morgan fingerprint density at radius 3 is 2.52 bits per heavy atom. The minimum atomic E-state index is -0.629. The molecule has 2 aromatic rings. The van der Waals surface area contributed by atoms with Gasteiger partial charge in [0.25, 0.3) is 5.91 Å². The molecule has 132 valence electrons. The number of para-hydroxylation sites is 1. The quantitative estimate of drug-likeness (QED) is 0.926. The molecule has 5 nitrogen and oxygen atoms in total. The van der Waals surface area contributed by atoms with Crippen LogP contribution < -0.4 is 9.47 Å². The number of β-amino-alcohol motifs (C(OH)–C–C–N with tert-alkyl or cyclic N) is 1. The Bertz CT molecular complexity index is 763. The third-order valence-corrected chi connectivity index (χ3v) is 4.43. The van der Waals surface area contributed by atoms with E-state index in [-0.39, 0.29) is 24.3 Å². The zero-order valence-corrected chi connectivity index (χ0v) is 14.1. The monoisotopic (exact) mass is 345 g/mol. The van der Waals surface area contributed by atoms with Crippen LogP contribution in [0.2, 0.25) is 0 Å². The Kier molecular flexibility index (Phi) is 4.90. The molecule has 1 amide bonds. The fraction of sp³-hybridized carbons (Fsp3) is 0.316. The zero-order valence-electron chi connectivity index (χ0n) is 14.1. The average Bonchev–Trinajstić information content (AvgIpc) is 3.02. The lowest BCUT2D eigenvalue weighted by molar-refractivity contribution is 0.0711. The van der Waals surface area contributed by atoms with Crippen LogP contribution in [0.1, 0.15) is 28.4 Å². The first kappa shape index (κ1) is 17.2. The fourth-order valence-corrected chi connectivity index (χ4v) is 3.25. The number of rotatable bonds is 4. The SMILES string of the molecule is COc1cccc(C(=O)N2C[C@@H](O)C[C@H]2c2ccc(F)cc2)c1OC. The van der Waals surface area contributed by atoms with E-state index in [0.717, 1.165) is 5.56 Å². The van der Waals surface area contributed by atoms with Gasteiger partial charge in [0, 0.05) is 6.54 Å². The van der Waals surface area contributed by atoms with Crippen LogP contribution in [0.5, 0.6) is 11.5 Å². The van der Waals surface area contributed by atoms with Gasteiger partial charge in [-0.1, -0.05) is 18.2 Å². The van der Waals surface area contributed by atoms with Crippen molar-refractivity contribution in [2.75, 3.05) is 20.8 Å². The van der Waals surface area contributed by atoms with Gasteiger partial charge in [-0.2, -0.15) is 0 Å². The summed E-state index contributed by atoms with van der Waals surface area (Å²) in [6.07, 6.45) is -0.223. The summed E-state index contributed by atoms with van der Waals surface area (Å²) < 4.78 is 23.8. The van der Waals surface area contributed by atoms with Crippen molar-refractivity contribution in [2.24, 2.45) is 0 Å². The highest BCUT2D eigenvalue weighted by atomic mass is 19.1. The lowest BCUT2D eigenvalue weighted by Crippen LogP contribution is -2.32. The van der Waals surface area contributed by atoms with Gasteiger partial charge in [0.05, 0.1) is 31.9 Å². The summed E-state index contributed by atoms with van der Waals surface area (Å²) in [5, 5.41) is 10.1. The summed E-state index contributed by atoms with van der Waals surface area (Å²) in [4.78, 5) is 14.7. The highest BCUT2D eigenvalue weighted by molar-refractivity contribution is 5.98. The van der Waals surface area contributed by atoms with Gasteiger partial charge in [0.2, 0.25) is 0 Å². The molecule has 1 heterocycles. The van der Waals surface area contributed by atoms with Crippen molar-refractivity contribution in [3.63, 3.8) is 0 Å². The molecule has 0 bridgehead atoms. The summed E-state index contributed by atoms with van der Waals surface area (Å²) in [6.45, 7) is 0.210. The molecule has 0 radical (unpaired) electrons. The molecule has 0 unspecified atom stereocenters. The maximum Gasteiger partial charge on any atom is 0.258 e. The number of likely N-dealkylation sites (tertiary alicyclic amines) is 1. The van der Waals surface area contributed by atoms with E-state index in [0.29, 0.717) is 23.5 Å². The molecule has 0 saturated carbocycles. The molecule has 3 rings (SSSR count). The van der Waals surface area contributed by atoms with E-state index in [1.807, 2.05) is 0 Å². The first-order chi connectivity index (χ1) is 12.0. The Morgan fingerprint density at radius 2 is 1.88 bits per heavy atom. The molecule has 1 fully saturated rings. The zero-order chi connectivity index (χ0) is 18.0. The van der Waals surface area contributed by atoms with Crippen LogP contribution in [0.25, 0.3) is 0 Å². The first-order valence-electron chi connectivity index (χ1n) is 8.00. The number of benzene rings is 2. The summed E-state index contributed by atoms with van der Waals surface area (Å²) in [5.41, 5.74) is 1.15. The van der Waals surface area contributed by atoms with E-state index < -0.39 is 6.10 Å². The number of amides is 1. The Hall–Kier alpha value is -2.60. The number of aliphatic hydroxyl groups is 1. The minimum Gasteiger partial charge on any atom is -0.493 e. The third kappa shape index (κ3) is 3.30. The van der Waals surface area contributed by atoms with Crippen molar-refractivity contribution in [2.45, 2.75) is 18.6 Å². The standard InChI is InChI=1S/C19H20FNO4/c1-24-17-5-3-4-15(18(17)25-2)19(23)21-11-14(22)10-16(21)12-6-8-13(20)9-7-12/h3-9,14,16,22H,10-11H2,1-2H3/t14-,16-/m0/s1. The van der Waals surface area contributed by atoms with E-state index >= 15 is 0 Å². The lowest BCUT2D eigenvalue weighted by atomic mass is 10.0. The maximum atomic E-state index is 13.2. The second-order valence-electron chi connectivity index (χ2n) is 5.96. The van der Waals surface area contributed by atoms with Gasteiger partial charge in [-0.05, 0) is 36.2 Å². The maximum absolute atomic E-state index is 13.2. The van der Waals surface area contributed by atoms with Crippen LogP contribution in [-0.2, 0) is 0 Å². The van der Waals surface area contributed by atoms with Gasteiger partial charge in [-0.25, -0.2) is 4.39 Å². The number of carbonyl (C=O) groups is 1. The largest absolute Gasteiger partial charge is 0.493 e. The molecular weight excluding hydrogens is 325 g/mol. The van der Waals surface area contributed by atoms with Crippen LogP contribution >= 0.6 is 0 Å². The van der Waals surface area contributed by atoms with Crippen LogP contribution in [0.15, 0.2) is 42.5 Å². The Morgan fingerprint density at radius 1 is 1.16 bits per heavy atom. The van der Waals surface area contributed by atoms with Crippen molar-refractivity contribution in [3.05, 3.63) is 59.4 Å². The van der Waals surface area contributed by atoms with Crippen molar-refractivity contribution in [3.8, 4) is 11.5 Å². The highest BCUT2D eigenvalue weighted by Crippen LogP contribution is 2.37. The minimum absolute atomic E-state index is 0.210. The molecule has 0 aliphatic carbocycles. The molecule has 6 heteroatoms. The van der Waals surface area contributed by atoms with Gasteiger partial charge in [0.1, 0.15) is 5.82 Å². The molecule has 0 aromatic heterocycles. The normalized spacial score (nSPS) is 19.8. The summed E-state index contributed by atoms with van der Waals surface area (Å²) in [6, 6.07) is 10.8. The number of nitrogens with zero attached hydrogens (tertiary/aromatic N) is 1. The van der Waals surface area contributed by atoms with Crippen molar-refractivity contribution in [1.82, 2.24) is 4.90 Å². The second-order valence-corrected chi connectivity index (χ2v) is 5.96. The number of carbonyl (C=O) groups excluding carboxylic acids is 1. The smallest absolute Gasteiger partial charge is 0.258 e. The predicted molar refractivity (Wildman–Crippen MR) is 90.3 cm³/mol. The van der Waals surface area contributed by atoms with Crippen molar-refractivity contribution < 1.29 is 23.8 Å². The van der Waals surface area contributed by atoms with Crippen LogP contribution in [0.4, 0.5) is 4.39 Å². The first-order valence-corrected chi connectivity index (χ1v) is 8.00. The molecular formula is C19H20FNO4. The topological polar surface area (TPSA) is 59.0 Å². The van der Waals surface area contributed by atoms with E-state index in [9.17, 15) is 14.3 Å². The molecule has 2 atom stereocenters. The lowest BCUT2D eigenvalue weighted by Gasteiger charge is -2.26. The molecule has 1 N–H and O–H groups in total. The number of hydrogen-bond donors (Lipinski definition) is 1. The van der Waals surface area contributed by atoms with Crippen molar-refractivity contribution >= 4 is 5.91 Å². The van der Waals surface area contributed by atoms with E-state index in [2.05, 4.69) is 0 Å². The van der Waals surface area contributed by atoms with Crippen LogP contribution in [0, 0.1) is 5.82 Å². The number of hydrogen-bond acceptors (Lipinski definition) is 4. The predicted octanol–water partition coefficient (Wildman–Crippen LogP) is 2.79. The van der Waals surface area contributed by atoms with Gasteiger partial charge in [-0.3, -0.25) is 4.79 Å². The average molecular weight is 345 g/mol.